The van der Waals surface area contributed by atoms with E-state index in [-0.39, 0.29) is 24.8 Å². The normalized spacial score (nSPS) is 19.6. The largest absolute Gasteiger partial charge is 0.376 e. The van der Waals surface area contributed by atoms with E-state index in [0.717, 1.165) is 44.9 Å². The lowest BCUT2D eigenvalue weighted by Crippen LogP contribution is -2.44. The van der Waals surface area contributed by atoms with Crippen molar-refractivity contribution >= 4 is 24.8 Å². The van der Waals surface area contributed by atoms with Crippen LogP contribution in [0.1, 0.15) is 12.2 Å². The lowest BCUT2D eigenvalue weighted by Gasteiger charge is -2.32. The summed E-state index contributed by atoms with van der Waals surface area (Å²) in [5, 5.41) is 0. The first-order valence-corrected chi connectivity index (χ1v) is 6.30. The fraction of sp³-hybridized carbons (Fsp3) is 0.750. The van der Waals surface area contributed by atoms with Crippen LogP contribution in [0, 0.1) is 0 Å². The van der Waals surface area contributed by atoms with Gasteiger partial charge in [0, 0.05) is 45.5 Å². The molecule has 0 bridgehead atoms. The monoisotopic (exact) mass is 310 g/mol. The van der Waals surface area contributed by atoms with Crippen LogP contribution in [0.15, 0.2) is 12.4 Å². The van der Waals surface area contributed by atoms with Crippen LogP contribution in [0.4, 0.5) is 0 Å². The smallest absolute Gasteiger partial charge is 0.109 e. The summed E-state index contributed by atoms with van der Waals surface area (Å²) in [5.41, 5.74) is 5.56. The minimum absolute atomic E-state index is 0. The van der Waals surface area contributed by atoms with Crippen molar-refractivity contribution in [2.24, 2.45) is 12.8 Å². The summed E-state index contributed by atoms with van der Waals surface area (Å²) < 4.78 is 7.75. The van der Waals surface area contributed by atoms with E-state index in [0.29, 0.717) is 12.6 Å². The Kier molecular flexibility index (Phi) is 9.39. The van der Waals surface area contributed by atoms with Crippen molar-refractivity contribution in [3.8, 4) is 0 Å². The predicted molar refractivity (Wildman–Crippen MR) is 81.3 cm³/mol. The average molecular weight is 311 g/mol. The molecule has 1 aromatic rings. The zero-order chi connectivity index (χ0) is 12.1. The molecule has 1 saturated heterocycles. The third kappa shape index (κ3) is 5.67. The maximum Gasteiger partial charge on any atom is 0.109 e. The Morgan fingerprint density at radius 1 is 1.47 bits per heavy atom. The van der Waals surface area contributed by atoms with Gasteiger partial charge in [-0.05, 0) is 13.0 Å². The fourth-order valence-corrected chi connectivity index (χ4v) is 2.24. The predicted octanol–water partition coefficient (Wildman–Crippen LogP) is 0.856. The van der Waals surface area contributed by atoms with Gasteiger partial charge in [-0.15, -0.1) is 24.8 Å². The highest BCUT2D eigenvalue weighted by Gasteiger charge is 2.19. The van der Waals surface area contributed by atoms with Gasteiger partial charge in [0.1, 0.15) is 5.82 Å². The minimum atomic E-state index is 0. The van der Waals surface area contributed by atoms with E-state index in [1.54, 1.807) is 0 Å². The zero-order valence-corrected chi connectivity index (χ0v) is 13.0. The summed E-state index contributed by atoms with van der Waals surface area (Å²) in [7, 11) is 2.04. The van der Waals surface area contributed by atoms with Crippen LogP contribution in [-0.2, 0) is 18.2 Å². The standard InChI is InChI=1S/C12H22N4O.2ClH/c1-15-7-5-14-12(15)3-6-16-8-9-17-11(10-16)2-4-13;;/h5,7,11H,2-4,6,8-10,13H2,1H3;2*1H. The summed E-state index contributed by atoms with van der Waals surface area (Å²) >= 11 is 0. The molecule has 0 amide bonds. The van der Waals surface area contributed by atoms with Crippen molar-refractivity contribution in [1.82, 2.24) is 14.5 Å². The lowest BCUT2D eigenvalue weighted by molar-refractivity contribution is -0.0304. The Balaban J connectivity index is 0.00000162. The minimum Gasteiger partial charge on any atom is -0.376 e. The molecule has 7 heteroatoms. The first kappa shape index (κ1) is 18.7. The van der Waals surface area contributed by atoms with Gasteiger partial charge >= 0.3 is 0 Å². The molecule has 1 fully saturated rings. The van der Waals surface area contributed by atoms with Crippen molar-refractivity contribution in [2.45, 2.75) is 18.9 Å². The van der Waals surface area contributed by atoms with Crippen molar-refractivity contribution in [3.63, 3.8) is 0 Å². The second-order valence-electron chi connectivity index (χ2n) is 4.58. The van der Waals surface area contributed by atoms with Crippen molar-refractivity contribution in [2.75, 3.05) is 32.8 Å². The summed E-state index contributed by atoms with van der Waals surface area (Å²) in [6.07, 6.45) is 6.12. The van der Waals surface area contributed by atoms with Gasteiger partial charge in [0.25, 0.3) is 0 Å². The van der Waals surface area contributed by atoms with Crippen LogP contribution in [0.3, 0.4) is 0 Å². The van der Waals surface area contributed by atoms with Crippen LogP contribution >= 0.6 is 24.8 Å². The highest BCUT2D eigenvalue weighted by atomic mass is 35.5. The van der Waals surface area contributed by atoms with E-state index in [9.17, 15) is 0 Å². The quantitative estimate of drug-likeness (QED) is 0.876. The molecule has 19 heavy (non-hydrogen) atoms. The maximum atomic E-state index is 5.67. The molecule has 1 unspecified atom stereocenters. The van der Waals surface area contributed by atoms with Gasteiger partial charge in [0.2, 0.25) is 0 Å². The lowest BCUT2D eigenvalue weighted by atomic mass is 10.2. The van der Waals surface area contributed by atoms with Crippen molar-refractivity contribution in [1.29, 1.82) is 0 Å². The number of aromatic nitrogens is 2. The molecule has 0 spiro atoms. The van der Waals surface area contributed by atoms with E-state index in [2.05, 4.69) is 14.5 Å². The Hall–Kier alpha value is -0.330. The summed E-state index contributed by atoms with van der Waals surface area (Å²) in [4.78, 5) is 6.78. The summed E-state index contributed by atoms with van der Waals surface area (Å²) in [6.45, 7) is 4.60. The number of nitrogens with two attached hydrogens (primary N) is 1. The van der Waals surface area contributed by atoms with Gasteiger partial charge in [0.05, 0.1) is 12.7 Å². The Labute approximate surface area is 127 Å². The Bertz CT molecular complexity index is 346. The molecule has 1 aromatic heterocycles. The fourth-order valence-electron chi connectivity index (χ4n) is 2.24. The molecular formula is C12H24Cl2N4O. The number of rotatable bonds is 5. The van der Waals surface area contributed by atoms with Crippen LogP contribution in [-0.4, -0.2) is 53.3 Å². The number of nitrogens with zero attached hydrogens (tertiary/aromatic N) is 3. The number of ether oxygens (including phenoxy) is 1. The molecule has 0 saturated carbocycles. The molecule has 1 aliphatic heterocycles. The highest BCUT2D eigenvalue weighted by molar-refractivity contribution is 5.85. The van der Waals surface area contributed by atoms with Crippen LogP contribution < -0.4 is 5.73 Å². The number of imidazole rings is 1. The molecular weight excluding hydrogens is 287 g/mol. The maximum absolute atomic E-state index is 5.67. The Morgan fingerprint density at radius 3 is 2.89 bits per heavy atom. The van der Waals surface area contributed by atoms with Crippen molar-refractivity contribution in [3.05, 3.63) is 18.2 Å². The number of hydrogen-bond donors (Lipinski definition) is 1. The topological polar surface area (TPSA) is 56.3 Å². The number of halogens is 2. The van der Waals surface area contributed by atoms with E-state index >= 15 is 0 Å². The molecule has 0 radical (unpaired) electrons. The molecule has 5 nitrogen and oxygen atoms in total. The third-order valence-electron chi connectivity index (χ3n) is 3.28. The first-order chi connectivity index (χ1) is 8.29. The molecule has 0 aromatic carbocycles. The number of aryl methyl sites for hydroxylation is 1. The zero-order valence-electron chi connectivity index (χ0n) is 11.3. The van der Waals surface area contributed by atoms with Gasteiger partial charge in [0.15, 0.2) is 0 Å². The summed E-state index contributed by atoms with van der Waals surface area (Å²) in [6, 6.07) is 0. The van der Waals surface area contributed by atoms with E-state index < -0.39 is 0 Å². The molecule has 1 atom stereocenters. The van der Waals surface area contributed by atoms with Gasteiger partial charge < -0.3 is 15.0 Å². The van der Waals surface area contributed by atoms with Crippen LogP contribution in [0.5, 0.6) is 0 Å². The molecule has 112 valence electrons. The molecule has 2 heterocycles. The van der Waals surface area contributed by atoms with Crippen LogP contribution in [0.2, 0.25) is 0 Å². The highest BCUT2D eigenvalue weighted by Crippen LogP contribution is 2.08. The second kappa shape index (κ2) is 9.55. The van der Waals surface area contributed by atoms with Gasteiger partial charge in [-0.1, -0.05) is 0 Å². The molecule has 2 rings (SSSR count). The van der Waals surface area contributed by atoms with E-state index in [4.69, 9.17) is 10.5 Å². The first-order valence-electron chi connectivity index (χ1n) is 6.30. The van der Waals surface area contributed by atoms with E-state index in [1.807, 2.05) is 19.4 Å². The SMILES string of the molecule is Cl.Cl.Cn1ccnc1CCN1CCOC(CCN)C1. The van der Waals surface area contributed by atoms with E-state index in [1.165, 1.54) is 0 Å². The van der Waals surface area contributed by atoms with Gasteiger partial charge in [-0.3, -0.25) is 4.90 Å². The average Bonchev–Trinajstić information content (AvgIpc) is 2.73. The molecule has 1 aliphatic rings. The molecule has 0 aliphatic carbocycles. The second-order valence-corrected chi connectivity index (χ2v) is 4.58. The van der Waals surface area contributed by atoms with Crippen molar-refractivity contribution < 1.29 is 4.74 Å². The van der Waals surface area contributed by atoms with Gasteiger partial charge in [-0.25, -0.2) is 4.98 Å². The third-order valence-corrected chi connectivity index (χ3v) is 3.28. The van der Waals surface area contributed by atoms with Crippen LogP contribution in [0.25, 0.3) is 0 Å². The van der Waals surface area contributed by atoms with Gasteiger partial charge in [-0.2, -0.15) is 0 Å². The molecule has 2 N–H and O–H groups in total. The summed E-state index contributed by atoms with van der Waals surface area (Å²) in [5.74, 6) is 1.15. The Morgan fingerprint density at radius 2 is 2.26 bits per heavy atom. The number of hydrogen-bond acceptors (Lipinski definition) is 4. The number of morpholine rings is 1.